The standard InChI is InChI=1S/C18H21N5OS.ClH/c24-17(6-5-16-21-13-3-1-2-4-14(13)22-16)23-18-20-11-15(25-18)12-7-9-19-10-8-12;/h1-4,11-12,19H,5-10H2,(H,21,22)(H,20,23,24);1H. The lowest BCUT2D eigenvalue weighted by Crippen LogP contribution is -2.26. The van der Waals surface area contributed by atoms with Gasteiger partial charge in [-0.1, -0.05) is 12.1 Å². The van der Waals surface area contributed by atoms with Crippen molar-refractivity contribution in [2.24, 2.45) is 0 Å². The number of amides is 1. The predicted molar refractivity (Wildman–Crippen MR) is 107 cm³/mol. The molecule has 4 rings (SSSR count). The Morgan fingerprint density at radius 3 is 2.88 bits per heavy atom. The highest BCUT2D eigenvalue weighted by atomic mass is 35.5. The van der Waals surface area contributed by atoms with E-state index in [1.807, 2.05) is 30.5 Å². The van der Waals surface area contributed by atoms with Crippen molar-refractivity contribution in [2.45, 2.75) is 31.6 Å². The molecule has 8 heteroatoms. The Bertz CT molecular complexity index is 838. The van der Waals surface area contributed by atoms with E-state index in [0.29, 0.717) is 23.9 Å². The SMILES string of the molecule is Cl.O=C(CCc1nc2ccccc2[nH]1)Nc1ncc(C2CCNCC2)s1. The first-order valence-electron chi connectivity index (χ1n) is 8.68. The summed E-state index contributed by atoms with van der Waals surface area (Å²) < 4.78 is 0. The number of fused-ring (bicyclic) bond motifs is 1. The summed E-state index contributed by atoms with van der Waals surface area (Å²) in [6.07, 6.45) is 5.17. The third kappa shape index (κ3) is 4.41. The minimum atomic E-state index is -0.0216. The fraction of sp³-hybridized carbons (Fsp3) is 0.389. The maximum atomic E-state index is 12.2. The zero-order valence-electron chi connectivity index (χ0n) is 14.3. The Morgan fingerprint density at radius 1 is 1.27 bits per heavy atom. The maximum Gasteiger partial charge on any atom is 0.226 e. The van der Waals surface area contributed by atoms with Crippen LogP contribution in [0.1, 0.15) is 35.9 Å². The molecular formula is C18H22ClN5OS. The minimum absolute atomic E-state index is 0. The van der Waals surface area contributed by atoms with Crippen LogP contribution in [0.3, 0.4) is 0 Å². The molecule has 26 heavy (non-hydrogen) atoms. The molecule has 3 heterocycles. The average molecular weight is 392 g/mol. The number of rotatable bonds is 5. The predicted octanol–water partition coefficient (Wildman–Crippen LogP) is 3.48. The first-order valence-corrected chi connectivity index (χ1v) is 9.49. The number of piperidine rings is 1. The summed E-state index contributed by atoms with van der Waals surface area (Å²) in [6.45, 7) is 2.11. The largest absolute Gasteiger partial charge is 0.342 e. The van der Waals surface area contributed by atoms with Gasteiger partial charge >= 0.3 is 0 Å². The van der Waals surface area contributed by atoms with Gasteiger partial charge in [-0.05, 0) is 44.0 Å². The van der Waals surface area contributed by atoms with Crippen LogP contribution in [0.4, 0.5) is 5.13 Å². The highest BCUT2D eigenvalue weighted by molar-refractivity contribution is 7.15. The first-order chi connectivity index (χ1) is 12.3. The minimum Gasteiger partial charge on any atom is -0.342 e. The lowest BCUT2D eigenvalue weighted by Gasteiger charge is -2.20. The van der Waals surface area contributed by atoms with Gasteiger partial charge in [-0.25, -0.2) is 9.97 Å². The Balaban J connectivity index is 0.00000196. The van der Waals surface area contributed by atoms with Crippen LogP contribution in [0, 0.1) is 0 Å². The number of hydrogen-bond acceptors (Lipinski definition) is 5. The summed E-state index contributed by atoms with van der Waals surface area (Å²) in [6, 6.07) is 7.89. The molecule has 3 aromatic rings. The van der Waals surface area contributed by atoms with Gasteiger partial charge < -0.3 is 15.6 Å². The van der Waals surface area contributed by atoms with Crippen molar-refractivity contribution in [3.63, 3.8) is 0 Å². The van der Waals surface area contributed by atoms with Crippen molar-refractivity contribution in [3.05, 3.63) is 41.2 Å². The Hall–Kier alpha value is -1.96. The van der Waals surface area contributed by atoms with Crippen LogP contribution >= 0.6 is 23.7 Å². The summed E-state index contributed by atoms with van der Waals surface area (Å²) in [5, 5.41) is 6.98. The maximum absolute atomic E-state index is 12.2. The number of anilines is 1. The van der Waals surface area contributed by atoms with Gasteiger partial charge in [0.15, 0.2) is 5.13 Å². The summed E-state index contributed by atoms with van der Waals surface area (Å²) in [5.41, 5.74) is 1.94. The molecule has 0 atom stereocenters. The van der Waals surface area contributed by atoms with Crippen molar-refractivity contribution in [2.75, 3.05) is 18.4 Å². The molecule has 1 saturated heterocycles. The number of nitrogens with zero attached hydrogens (tertiary/aromatic N) is 2. The van der Waals surface area contributed by atoms with Gasteiger partial charge in [0.05, 0.1) is 11.0 Å². The number of halogens is 1. The number of para-hydroxylation sites is 2. The second kappa shape index (κ2) is 8.62. The third-order valence-corrected chi connectivity index (χ3v) is 5.61. The van der Waals surface area contributed by atoms with Gasteiger partial charge in [0, 0.05) is 23.9 Å². The summed E-state index contributed by atoms with van der Waals surface area (Å²) in [4.78, 5) is 25.6. The van der Waals surface area contributed by atoms with Crippen LogP contribution in [0.15, 0.2) is 30.5 Å². The number of aryl methyl sites for hydroxylation is 1. The molecule has 0 aliphatic carbocycles. The fourth-order valence-electron chi connectivity index (χ4n) is 3.18. The average Bonchev–Trinajstić information content (AvgIpc) is 3.27. The second-order valence-corrected chi connectivity index (χ2v) is 7.40. The van der Waals surface area contributed by atoms with Crippen molar-refractivity contribution in [1.82, 2.24) is 20.3 Å². The molecule has 1 aliphatic heterocycles. The van der Waals surface area contributed by atoms with E-state index in [1.165, 1.54) is 4.88 Å². The Labute approximate surface area is 162 Å². The number of thiazole rings is 1. The number of carbonyl (C=O) groups excluding carboxylic acids is 1. The molecule has 1 aromatic carbocycles. The van der Waals surface area contributed by atoms with E-state index >= 15 is 0 Å². The van der Waals surface area contributed by atoms with Gasteiger partial charge in [0.1, 0.15) is 5.82 Å². The summed E-state index contributed by atoms with van der Waals surface area (Å²) in [7, 11) is 0. The number of carbonyl (C=O) groups is 1. The Morgan fingerprint density at radius 2 is 2.08 bits per heavy atom. The second-order valence-electron chi connectivity index (χ2n) is 6.34. The van der Waals surface area contributed by atoms with Crippen molar-refractivity contribution >= 4 is 45.8 Å². The number of hydrogen-bond donors (Lipinski definition) is 3. The number of H-pyrrole nitrogens is 1. The molecule has 2 aromatic heterocycles. The van der Waals surface area contributed by atoms with Gasteiger partial charge in [-0.2, -0.15) is 0 Å². The molecule has 3 N–H and O–H groups in total. The molecular weight excluding hydrogens is 370 g/mol. The van der Waals surface area contributed by atoms with Crippen molar-refractivity contribution in [1.29, 1.82) is 0 Å². The molecule has 0 radical (unpaired) electrons. The monoisotopic (exact) mass is 391 g/mol. The first kappa shape index (κ1) is 18.8. The molecule has 1 aliphatic rings. The molecule has 1 fully saturated rings. The number of nitrogens with one attached hydrogen (secondary N) is 3. The smallest absolute Gasteiger partial charge is 0.226 e. The van der Waals surface area contributed by atoms with E-state index < -0.39 is 0 Å². The van der Waals surface area contributed by atoms with Crippen molar-refractivity contribution in [3.8, 4) is 0 Å². The molecule has 0 saturated carbocycles. The van der Waals surface area contributed by atoms with Crippen LogP contribution in [0.25, 0.3) is 11.0 Å². The van der Waals surface area contributed by atoms with E-state index in [1.54, 1.807) is 11.3 Å². The Kier molecular flexibility index (Phi) is 6.24. The highest BCUT2D eigenvalue weighted by Crippen LogP contribution is 2.31. The molecule has 138 valence electrons. The molecule has 0 bridgehead atoms. The zero-order chi connectivity index (χ0) is 17.1. The van der Waals surface area contributed by atoms with Gasteiger partial charge in [0.2, 0.25) is 5.91 Å². The normalized spacial score (nSPS) is 14.9. The molecule has 0 spiro atoms. The van der Waals surface area contributed by atoms with Crippen LogP contribution in [-0.2, 0) is 11.2 Å². The highest BCUT2D eigenvalue weighted by Gasteiger charge is 2.18. The van der Waals surface area contributed by atoms with Crippen molar-refractivity contribution < 1.29 is 4.79 Å². The third-order valence-electron chi connectivity index (χ3n) is 4.54. The van der Waals surface area contributed by atoms with E-state index in [0.717, 1.165) is 42.8 Å². The molecule has 6 nitrogen and oxygen atoms in total. The number of aromatic amines is 1. The summed E-state index contributed by atoms with van der Waals surface area (Å²) >= 11 is 1.60. The lowest BCUT2D eigenvalue weighted by molar-refractivity contribution is -0.116. The number of aromatic nitrogens is 3. The number of benzene rings is 1. The topological polar surface area (TPSA) is 82.7 Å². The number of imidazole rings is 1. The molecule has 0 unspecified atom stereocenters. The van der Waals surface area contributed by atoms with Crippen LogP contribution in [0.2, 0.25) is 0 Å². The van der Waals surface area contributed by atoms with E-state index in [9.17, 15) is 4.79 Å². The van der Waals surface area contributed by atoms with Gasteiger partial charge in [0.25, 0.3) is 0 Å². The fourth-order valence-corrected chi connectivity index (χ4v) is 4.18. The van der Waals surface area contributed by atoms with Crippen LogP contribution < -0.4 is 10.6 Å². The zero-order valence-corrected chi connectivity index (χ0v) is 16.0. The molecule has 1 amide bonds. The van der Waals surface area contributed by atoms with Crippen LogP contribution in [0.5, 0.6) is 0 Å². The quantitative estimate of drug-likeness (QED) is 0.621. The van der Waals surface area contributed by atoms with E-state index in [4.69, 9.17) is 0 Å². The summed E-state index contributed by atoms with van der Waals surface area (Å²) in [5.74, 6) is 1.39. The van der Waals surface area contributed by atoms with Gasteiger partial charge in [-0.3, -0.25) is 4.79 Å². The van der Waals surface area contributed by atoms with Crippen LogP contribution in [-0.4, -0.2) is 33.9 Å². The van der Waals surface area contributed by atoms with Gasteiger partial charge in [-0.15, -0.1) is 23.7 Å². The lowest BCUT2D eigenvalue weighted by atomic mass is 9.97. The van der Waals surface area contributed by atoms with E-state index in [2.05, 4.69) is 25.6 Å². The van der Waals surface area contributed by atoms with E-state index in [-0.39, 0.29) is 18.3 Å².